The highest BCUT2D eigenvalue weighted by Crippen LogP contribution is 2.33. The summed E-state index contributed by atoms with van der Waals surface area (Å²) in [6, 6.07) is 5.78. The van der Waals surface area contributed by atoms with E-state index in [0.717, 1.165) is 24.2 Å². The summed E-state index contributed by atoms with van der Waals surface area (Å²) < 4.78 is 13.6. The lowest BCUT2D eigenvalue weighted by Crippen LogP contribution is -2.27. The van der Waals surface area contributed by atoms with E-state index in [-0.39, 0.29) is 5.82 Å². The van der Waals surface area contributed by atoms with Gasteiger partial charge < -0.3 is 4.90 Å². The largest absolute Gasteiger partial charge is 0.368 e. The minimum atomic E-state index is -0.182. The smallest absolute Gasteiger partial charge is 0.125 e. The Hall–Kier alpha value is -0.760. The first-order chi connectivity index (χ1) is 8.60. The van der Waals surface area contributed by atoms with Crippen molar-refractivity contribution in [2.75, 3.05) is 11.4 Å². The Morgan fingerprint density at radius 2 is 2.06 bits per heavy atom. The molecule has 0 heterocycles. The molecule has 0 saturated heterocycles. The highest BCUT2D eigenvalue weighted by Gasteiger charge is 2.29. The van der Waals surface area contributed by atoms with E-state index in [1.165, 1.54) is 18.9 Å². The first-order valence-corrected chi connectivity index (χ1v) is 7.25. The van der Waals surface area contributed by atoms with Gasteiger partial charge in [-0.2, -0.15) is 0 Å². The van der Waals surface area contributed by atoms with Crippen LogP contribution in [-0.4, -0.2) is 12.6 Å². The second-order valence-electron chi connectivity index (χ2n) is 5.56. The fourth-order valence-corrected chi connectivity index (χ4v) is 2.34. The second kappa shape index (κ2) is 5.92. The highest BCUT2D eigenvalue weighted by molar-refractivity contribution is 6.17. The van der Waals surface area contributed by atoms with Crippen molar-refractivity contribution in [1.82, 2.24) is 0 Å². The van der Waals surface area contributed by atoms with Gasteiger partial charge in [0.1, 0.15) is 5.82 Å². The molecule has 0 N–H and O–H groups in total. The van der Waals surface area contributed by atoms with Gasteiger partial charge in [-0.1, -0.05) is 13.8 Å². The predicted molar refractivity (Wildman–Crippen MR) is 75.8 cm³/mol. The van der Waals surface area contributed by atoms with Crippen molar-refractivity contribution < 1.29 is 4.39 Å². The Labute approximate surface area is 114 Å². The van der Waals surface area contributed by atoms with Crippen molar-refractivity contribution in [2.24, 2.45) is 5.92 Å². The molecule has 0 aromatic heterocycles. The molecule has 0 unspecified atom stereocenters. The van der Waals surface area contributed by atoms with Crippen molar-refractivity contribution >= 4 is 17.3 Å². The fraction of sp³-hybridized carbons (Fsp3) is 0.600. The van der Waals surface area contributed by atoms with E-state index in [4.69, 9.17) is 11.6 Å². The van der Waals surface area contributed by atoms with Crippen LogP contribution in [-0.2, 0) is 5.88 Å². The van der Waals surface area contributed by atoms with E-state index in [9.17, 15) is 4.39 Å². The van der Waals surface area contributed by atoms with E-state index >= 15 is 0 Å². The molecule has 2 rings (SSSR count). The van der Waals surface area contributed by atoms with E-state index < -0.39 is 0 Å². The molecule has 0 bridgehead atoms. The number of rotatable bonds is 6. The lowest BCUT2D eigenvalue weighted by Gasteiger charge is -2.26. The minimum absolute atomic E-state index is 0.182. The minimum Gasteiger partial charge on any atom is -0.368 e. The molecule has 0 atom stereocenters. The van der Waals surface area contributed by atoms with E-state index in [1.54, 1.807) is 6.07 Å². The first-order valence-electron chi connectivity index (χ1n) is 6.72. The molecule has 0 spiro atoms. The summed E-state index contributed by atoms with van der Waals surface area (Å²) in [6.07, 6.45) is 3.60. The Morgan fingerprint density at radius 1 is 1.33 bits per heavy atom. The molecule has 1 saturated carbocycles. The zero-order valence-corrected chi connectivity index (χ0v) is 11.9. The molecular weight excluding hydrogens is 249 g/mol. The zero-order chi connectivity index (χ0) is 13.1. The van der Waals surface area contributed by atoms with Crippen molar-refractivity contribution in [3.63, 3.8) is 0 Å². The highest BCUT2D eigenvalue weighted by atomic mass is 35.5. The van der Waals surface area contributed by atoms with Gasteiger partial charge in [-0.25, -0.2) is 4.39 Å². The predicted octanol–water partition coefficient (Wildman–Crippen LogP) is 4.58. The molecular formula is C15H21ClFN. The third-order valence-electron chi connectivity index (χ3n) is 3.36. The molecule has 3 heteroatoms. The molecule has 100 valence electrons. The summed E-state index contributed by atoms with van der Waals surface area (Å²) in [5.74, 6) is 0.860. The number of alkyl halides is 1. The summed E-state index contributed by atoms with van der Waals surface area (Å²) in [5.41, 5.74) is 1.86. The third-order valence-corrected chi connectivity index (χ3v) is 3.67. The van der Waals surface area contributed by atoms with Crippen molar-refractivity contribution in [3.05, 3.63) is 29.6 Å². The maximum Gasteiger partial charge on any atom is 0.125 e. The quantitative estimate of drug-likeness (QED) is 0.684. The van der Waals surface area contributed by atoms with Crippen molar-refractivity contribution in [3.8, 4) is 0 Å². The molecule has 1 aliphatic carbocycles. The zero-order valence-electron chi connectivity index (χ0n) is 11.1. The Bertz CT molecular complexity index is 401. The van der Waals surface area contributed by atoms with Crippen LogP contribution in [0.1, 0.15) is 38.7 Å². The summed E-state index contributed by atoms with van der Waals surface area (Å²) in [7, 11) is 0. The summed E-state index contributed by atoms with van der Waals surface area (Å²) in [5, 5.41) is 0. The number of hydrogen-bond donors (Lipinski definition) is 0. The van der Waals surface area contributed by atoms with Crippen LogP contribution in [0.3, 0.4) is 0 Å². The van der Waals surface area contributed by atoms with Crippen LogP contribution in [0, 0.1) is 11.7 Å². The second-order valence-corrected chi connectivity index (χ2v) is 5.83. The number of benzene rings is 1. The van der Waals surface area contributed by atoms with Gasteiger partial charge in [0, 0.05) is 24.2 Å². The fourth-order valence-electron chi connectivity index (χ4n) is 2.18. The van der Waals surface area contributed by atoms with E-state index in [2.05, 4.69) is 18.7 Å². The summed E-state index contributed by atoms with van der Waals surface area (Å²) in [4.78, 5) is 2.35. The Balaban J connectivity index is 2.16. The van der Waals surface area contributed by atoms with Gasteiger partial charge in [-0.3, -0.25) is 0 Å². The van der Waals surface area contributed by atoms with Crippen molar-refractivity contribution in [2.45, 2.75) is 45.0 Å². The van der Waals surface area contributed by atoms with Crippen molar-refractivity contribution in [1.29, 1.82) is 0 Å². The molecule has 0 radical (unpaired) electrons. The monoisotopic (exact) mass is 269 g/mol. The lowest BCUT2D eigenvalue weighted by atomic mass is 10.1. The Kier molecular flexibility index (Phi) is 4.50. The lowest BCUT2D eigenvalue weighted by molar-refractivity contribution is 0.569. The molecule has 1 aliphatic rings. The molecule has 1 fully saturated rings. The maximum absolute atomic E-state index is 13.6. The molecule has 18 heavy (non-hydrogen) atoms. The van der Waals surface area contributed by atoms with Crippen LogP contribution in [0.2, 0.25) is 0 Å². The van der Waals surface area contributed by atoms with Gasteiger partial charge in [0.15, 0.2) is 0 Å². The van der Waals surface area contributed by atoms with E-state index in [0.29, 0.717) is 17.8 Å². The average Bonchev–Trinajstić information content (AvgIpc) is 3.12. The number of halogens is 2. The van der Waals surface area contributed by atoms with Gasteiger partial charge in [0.2, 0.25) is 0 Å². The van der Waals surface area contributed by atoms with E-state index in [1.807, 2.05) is 6.07 Å². The van der Waals surface area contributed by atoms with Crippen LogP contribution < -0.4 is 4.90 Å². The SMILES string of the molecule is CC(C)CCN(c1cc(F)cc(CCl)c1)C1CC1. The van der Waals surface area contributed by atoms with Gasteiger partial charge in [-0.15, -0.1) is 11.6 Å². The maximum atomic E-state index is 13.6. The van der Waals surface area contributed by atoms with Crippen LogP contribution >= 0.6 is 11.6 Å². The van der Waals surface area contributed by atoms with Gasteiger partial charge >= 0.3 is 0 Å². The Morgan fingerprint density at radius 3 is 2.61 bits per heavy atom. The van der Waals surface area contributed by atoms with Gasteiger partial charge in [0.25, 0.3) is 0 Å². The standard InChI is InChI=1S/C15H21ClFN/c1-11(2)5-6-18(14-3-4-14)15-8-12(10-16)7-13(17)9-15/h7-9,11,14H,3-6,10H2,1-2H3. The van der Waals surface area contributed by atoms with Crippen LogP contribution in [0.4, 0.5) is 10.1 Å². The number of hydrogen-bond acceptors (Lipinski definition) is 1. The first kappa shape index (κ1) is 13.7. The number of anilines is 1. The van der Waals surface area contributed by atoms with Gasteiger partial charge in [-0.05, 0) is 48.9 Å². The molecule has 1 aromatic rings. The molecule has 1 aromatic carbocycles. The third kappa shape index (κ3) is 3.61. The summed E-state index contributed by atoms with van der Waals surface area (Å²) in [6.45, 7) is 5.45. The molecule has 0 amide bonds. The number of nitrogens with zero attached hydrogens (tertiary/aromatic N) is 1. The topological polar surface area (TPSA) is 3.24 Å². The molecule has 0 aliphatic heterocycles. The summed E-state index contributed by atoms with van der Waals surface area (Å²) >= 11 is 5.81. The van der Waals surface area contributed by atoms with Crippen LogP contribution in [0.25, 0.3) is 0 Å². The van der Waals surface area contributed by atoms with Crippen LogP contribution in [0.5, 0.6) is 0 Å². The average molecular weight is 270 g/mol. The van der Waals surface area contributed by atoms with Crippen LogP contribution in [0.15, 0.2) is 18.2 Å². The van der Waals surface area contributed by atoms with Gasteiger partial charge in [0.05, 0.1) is 0 Å². The normalized spacial score (nSPS) is 15.2. The molecule has 1 nitrogen and oxygen atoms in total.